The number of fused-ring (bicyclic) bond motifs is 5. The summed E-state index contributed by atoms with van der Waals surface area (Å²) in [6.07, 6.45) is 11.8. The molecule has 6 unspecified atom stereocenters. The van der Waals surface area contributed by atoms with Gasteiger partial charge < -0.3 is 9.53 Å². The zero-order valence-corrected chi connectivity index (χ0v) is 21.7. The first-order chi connectivity index (χ1) is 14.0. The molecule has 0 saturated heterocycles. The van der Waals surface area contributed by atoms with Crippen molar-refractivity contribution in [3.63, 3.8) is 0 Å². The monoisotopic (exact) mass is 450 g/mol. The van der Waals surface area contributed by atoms with Crippen molar-refractivity contribution in [3.8, 4) is 0 Å². The molecule has 3 fully saturated rings. The summed E-state index contributed by atoms with van der Waals surface area (Å²) in [5.74, 6) is 4.63. The summed E-state index contributed by atoms with van der Waals surface area (Å²) >= 11 is 6.23. The number of allylic oxidation sites excluding steroid dienone is 3. The first kappa shape index (κ1) is 23.1. The number of halogens is 1. The van der Waals surface area contributed by atoms with Crippen LogP contribution in [0.2, 0.25) is 18.1 Å². The molecule has 0 aliphatic heterocycles. The van der Waals surface area contributed by atoms with Gasteiger partial charge in [-0.15, -0.1) is 11.6 Å². The third-order valence-corrected chi connectivity index (χ3v) is 14.5. The van der Waals surface area contributed by atoms with E-state index in [0.717, 1.165) is 36.5 Å². The quantitative estimate of drug-likeness (QED) is 0.371. The highest BCUT2D eigenvalue weighted by Gasteiger charge is 2.50. The smallest absolute Gasteiger partial charge is 0.192 e. The normalized spacial score (nSPS) is 40.1. The summed E-state index contributed by atoms with van der Waals surface area (Å²) in [5, 5.41) is 11.5. The fourth-order valence-electron chi connectivity index (χ4n) is 6.93. The van der Waals surface area contributed by atoms with Crippen molar-refractivity contribution < 1.29 is 9.53 Å². The third kappa shape index (κ3) is 4.02. The second kappa shape index (κ2) is 8.36. The van der Waals surface area contributed by atoms with Crippen molar-refractivity contribution in [2.75, 3.05) is 5.88 Å². The van der Waals surface area contributed by atoms with Crippen LogP contribution in [0.25, 0.3) is 0 Å². The number of aliphatic hydroxyl groups excluding tert-OH is 1. The second-order valence-electron chi connectivity index (χ2n) is 12.3. The summed E-state index contributed by atoms with van der Waals surface area (Å²) in [5.41, 5.74) is 3.11. The number of hydrogen-bond acceptors (Lipinski definition) is 2. The van der Waals surface area contributed by atoms with E-state index in [1.807, 2.05) is 0 Å². The summed E-state index contributed by atoms with van der Waals surface area (Å²) in [4.78, 5) is 0. The lowest BCUT2D eigenvalue weighted by atomic mass is 9.59. The van der Waals surface area contributed by atoms with Gasteiger partial charge in [0.15, 0.2) is 8.32 Å². The molecule has 0 amide bonds. The molecule has 4 rings (SSSR count). The topological polar surface area (TPSA) is 29.5 Å². The lowest BCUT2D eigenvalue weighted by Gasteiger charge is -2.49. The molecule has 4 aliphatic rings. The molecule has 30 heavy (non-hydrogen) atoms. The molecule has 0 aromatic heterocycles. The van der Waals surface area contributed by atoms with E-state index in [4.69, 9.17) is 16.0 Å². The first-order valence-electron chi connectivity index (χ1n) is 12.4. The Morgan fingerprint density at radius 3 is 2.50 bits per heavy atom. The number of rotatable bonds is 4. The van der Waals surface area contributed by atoms with Gasteiger partial charge in [0.25, 0.3) is 0 Å². The van der Waals surface area contributed by atoms with E-state index >= 15 is 0 Å². The van der Waals surface area contributed by atoms with Gasteiger partial charge >= 0.3 is 0 Å². The molecule has 0 aromatic rings. The molecule has 0 heterocycles. The standard InChI is InChI=1S/C26H43ClO2Si/c1-16(15-27)19-9-10-21-20(19)11-12-23-22(21)8-7-17-13-18(14-24(28)25(17)23)29-30(5,6)26(2,3)4/h7-8,16,18-21,23-25,28H,9-15H2,1-6H3/t16?,18-,19?,20?,21?,23?,24+,25?/m1/s1. The van der Waals surface area contributed by atoms with Gasteiger partial charge in [0.1, 0.15) is 0 Å². The van der Waals surface area contributed by atoms with Crippen molar-refractivity contribution in [1.82, 2.24) is 0 Å². The van der Waals surface area contributed by atoms with E-state index in [9.17, 15) is 5.11 Å². The molecule has 2 nitrogen and oxygen atoms in total. The van der Waals surface area contributed by atoms with E-state index in [-0.39, 0.29) is 17.2 Å². The molecule has 0 spiro atoms. The first-order valence-corrected chi connectivity index (χ1v) is 15.8. The Balaban J connectivity index is 1.52. The SMILES string of the molecule is CC(CCl)C1CCC2C3=CC=C4C[C@@H](O[Si](C)(C)C(C)(C)C)C[C@H](O)C4C3CCC21. The van der Waals surface area contributed by atoms with Gasteiger partial charge in [0, 0.05) is 11.8 Å². The van der Waals surface area contributed by atoms with Crippen LogP contribution in [0.3, 0.4) is 0 Å². The van der Waals surface area contributed by atoms with Crippen LogP contribution in [-0.4, -0.2) is 31.5 Å². The van der Waals surface area contributed by atoms with Crippen LogP contribution in [0, 0.1) is 35.5 Å². The molecule has 0 bridgehead atoms. The van der Waals surface area contributed by atoms with E-state index in [1.165, 1.54) is 31.3 Å². The molecule has 3 saturated carbocycles. The van der Waals surface area contributed by atoms with Gasteiger partial charge in [-0.1, -0.05) is 51.0 Å². The molecule has 4 heteroatoms. The Hall–Kier alpha value is -0.0931. The lowest BCUT2D eigenvalue weighted by molar-refractivity contribution is 0.00893. The summed E-state index contributed by atoms with van der Waals surface area (Å²) in [6.45, 7) is 13.9. The number of hydrogen-bond donors (Lipinski definition) is 1. The third-order valence-electron chi connectivity index (χ3n) is 9.52. The maximum Gasteiger partial charge on any atom is 0.192 e. The van der Waals surface area contributed by atoms with Gasteiger partial charge in [0.05, 0.1) is 12.2 Å². The molecule has 1 N–H and O–H groups in total. The van der Waals surface area contributed by atoms with Crippen LogP contribution in [0.5, 0.6) is 0 Å². The Bertz CT molecular complexity index is 706. The van der Waals surface area contributed by atoms with E-state index in [0.29, 0.717) is 17.8 Å². The molecular weight excluding hydrogens is 408 g/mol. The maximum absolute atomic E-state index is 11.3. The number of aliphatic hydroxyl groups is 1. The fourth-order valence-corrected chi connectivity index (χ4v) is 8.53. The van der Waals surface area contributed by atoms with Gasteiger partial charge in [-0.05, 0) is 86.2 Å². The van der Waals surface area contributed by atoms with E-state index in [2.05, 4.69) is 52.9 Å². The van der Waals surface area contributed by atoms with Crippen molar-refractivity contribution in [1.29, 1.82) is 0 Å². The summed E-state index contributed by atoms with van der Waals surface area (Å²) in [7, 11) is -1.82. The lowest BCUT2D eigenvalue weighted by Crippen LogP contribution is -2.49. The predicted octanol–water partition coefficient (Wildman–Crippen LogP) is 6.94. The Kier molecular flexibility index (Phi) is 6.43. The van der Waals surface area contributed by atoms with Crippen LogP contribution in [-0.2, 0) is 4.43 Å². The Labute approximate surface area is 190 Å². The van der Waals surface area contributed by atoms with Gasteiger partial charge in [0.2, 0.25) is 0 Å². The minimum Gasteiger partial charge on any atom is -0.414 e. The Morgan fingerprint density at radius 2 is 1.83 bits per heavy atom. The van der Waals surface area contributed by atoms with Gasteiger partial charge in [-0.25, -0.2) is 0 Å². The molecule has 4 aliphatic carbocycles. The van der Waals surface area contributed by atoms with Crippen molar-refractivity contribution in [3.05, 3.63) is 23.3 Å². The number of alkyl halides is 1. The molecular formula is C26H43ClO2Si. The summed E-state index contributed by atoms with van der Waals surface area (Å²) < 4.78 is 6.73. The largest absolute Gasteiger partial charge is 0.414 e. The van der Waals surface area contributed by atoms with Crippen LogP contribution in [0.1, 0.15) is 66.2 Å². The highest BCUT2D eigenvalue weighted by molar-refractivity contribution is 6.74. The molecule has 0 aromatic carbocycles. The molecule has 0 radical (unpaired) electrons. The van der Waals surface area contributed by atoms with Gasteiger partial charge in [-0.2, -0.15) is 0 Å². The van der Waals surface area contributed by atoms with Crippen LogP contribution in [0.15, 0.2) is 23.3 Å². The minimum atomic E-state index is -1.82. The highest BCUT2D eigenvalue weighted by atomic mass is 35.5. The van der Waals surface area contributed by atoms with Crippen molar-refractivity contribution in [2.45, 2.75) is 96.6 Å². The zero-order valence-electron chi connectivity index (χ0n) is 20.0. The average molecular weight is 451 g/mol. The molecule has 170 valence electrons. The predicted molar refractivity (Wildman–Crippen MR) is 129 cm³/mol. The zero-order chi connectivity index (χ0) is 21.8. The average Bonchev–Trinajstić information content (AvgIpc) is 3.09. The fraction of sp³-hybridized carbons (Fsp3) is 0.846. The van der Waals surface area contributed by atoms with Crippen molar-refractivity contribution >= 4 is 19.9 Å². The minimum absolute atomic E-state index is 0.176. The maximum atomic E-state index is 11.3. The Morgan fingerprint density at radius 1 is 1.13 bits per heavy atom. The van der Waals surface area contributed by atoms with Gasteiger partial charge in [-0.3, -0.25) is 0 Å². The van der Waals surface area contributed by atoms with E-state index < -0.39 is 8.32 Å². The van der Waals surface area contributed by atoms with E-state index in [1.54, 1.807) is 5.57 Å². The highest BCUT2D eigenvalue weighted by Crippen LogP contribution is 2.57. The molecule has 8 atom stereocenters. The van der Waals surface area contributed by atoms with Crippen LogP contribution in [0.4, 0.5) is 0 Å². The van der Waals surface area contributed by atoms with Crippen LogP contribution < -0.4 is 0 Å². The summed E-state index contributed by atoms with van der Waals surface area (Å²) in [6, 6.07) is 0. The second-order valence-corrected chi connectivity index (χ2v) is 17.3. The van der Waals surface area contributed by atoms with Crippen LogP contribution >= 0.6 is 11.6 Å². The van der Waals surface area contributed by atoms with Crippen molar-refractivity contribution in [2.24, 2.45) is 35.5 Å².